The standard InChI is InChI=1S/C21H29ClN2O2.ClH/c1-23-11-19(25)16-2-3-18(22)17(7-16)20(26)24-12-21-8-13-4-14(9-21)6-15(5-13)10-21;/h2-3,7,13-15,19,23,25H,4-6,8-12H2,1H3,(H,24,26);1H/t13?,14?,15?,19-,21?;/m0./s1. The molecular weight excluding hydrogens is 383 g/mol. The van der Waals surface area contributed by atoms with E-state index in [-0.39, 0.29) is 18.3 Å². The van der Waals surface area contributed by atoms with Crippen molar-refractivity contribution in [2.45, 2.75) is 44.6 Å². The number of amides is 1. The van der Waals surface area contributed by atoms with Gasteiger partial charge >= 0.3 is 0 Å². The Bertz CT molecular complexity index is 659. The van der Waals surface area contributed by atoms with Gasteiger partial charge in [-0.25, -0.2) is 0 Å². The van der Waals surface area contributed by atoms with Crippen LogP contribution in [-0.2, 0) is 0 Å². The molecule has 4 nitrogen and oxygen atoms in total. The summed E-state index contributed by atoms with van der Waals surface area (Å²) in [5.74, 6) is 2.51. The zero-order chi connectivity index (χ0) is 18.3. The molecule has 0 aromatic heterocycles. The maximum absolute atomic E-state index is 12.8. The van der Waals surface area contributed by atoms with Gasteiger partial charge in [-0.3, -0.25) is 4.79 Å². The Hall–Kier alpha value is -0.810. The van der Waals surface area contributed by atoms with E-state index < -0.39 is 6.10 Å². The Kier molecular flexibility index (Phi) is 6.41. The number of hydrogen-bond donors (Lipinski definition) is 3. The van der Waals surface area contributed by atoms with E-state index in [1.54, 1.807) is 25.2 Å². The normalized spacial score (nSPS) is 32.0. The second kappa shape index (κ2) is 8.28. The molecule has 4 fully saturated rings. The first-order chi connectivity index (χ1) is 12.5. The number of halogens is 2. The predicted octanol–water partition coefficient (Wildman–Crippen LogP) is 3.96. The van der Waals surface area contributed by atoms with Crippen LogP contribution in [-0.4, -0.2) is 31.2 Å². The van der Waals surface area contributed by atoms with E-state index in [1.165, 1.54) is 38.5 Å². The topological polar surface area (TPSA) is 61.4 Å². The van der Waals surface area contributed by atoms with Crippen LogP contribution in [0.3, 0.4) is 0 Å². The molecule has 150 valence electrons. The largest absolute Gasteiger partial charge is 0.387 e. The van der Waals surface area contributed by atoms with Crippen molar-refractivity contribution in [3.63, 3.8) is 0 Å². The third-order valence-electron chi connectivity index (χ3n) is 6.81. The molecule has 0 radical (unpaired) electrons. The van der Waals surface area contributed by atoms with Crippen LogP contribution in [0.5, 0.6) is 0 Å². The van der Waals surface area contributed by atoms with E-state index in [0.717, 1.165) is 24.3 Å². The second-order valence-corrected chi connectivity index (χ2v) is 9.32. The zero-order valence-electron chi connectivity index (χ0n) is 15.8. The summed E-state index contributed by atoms with van der Waals surface area (Å²) < 4.78 is 0. The molecule has 6 heteroatoms. The summed E-state index contributed by atoms with van der Waals surface area (Å²) in [6, 6.07) is 5.20. The van der Waals surface area contributed by atoms with Crippen molar-refractivity contribution in [1.29, 1.82) is 0 Å². The fourth-order valence-electron chi connectivity index (χ4n) is 6.10. The van der Waals surface area contributed by atoms with Gasteiger partial charge in [-0.05, 0) is 86.4 Å². The highest BCUT2D eigenvalue weighted by atomic mass is 35.5. The number of carbonyl (C=O) groups is 1. The number of rotatable bonds is 6. The lowest BCUT2D eigenvalue weighted by molar-refractivity contribution is -0.0503. The van der Waals surface area contributed by atoms with Crippen LogP contribution >= 0.6 is 24.0 Å². The van der Waals surface area contributed by atoms with Gasteiger partial charge in [-0.2, -0.15) is 0 Å². The van der Waals surface area contributed by atoms with Crippen molar-refractivity contribution in [2.24, 2.45) is 23.2 Å². The van der Waals surface area contributed by atoms with Gasteiger partial charge in [-0.1, -0.05) is 17.7 Å². The van der Waals surface area contributed by atoms with Gasteiger partial charge in [0.15, 0.2) is 0 Å². The second-order valence-electron chi connectivity index (χ2n) is 8.91. The van der Waals surface area contributed by atoms with E-state index in [9.17, 15) is 9.90 Å². The van der Waals surface area contributed by atoms with Gasteiger partial charge < -0.3 is 15.7 Å². The van der Waals surface area contributed by atoms with Crippen molar-refractivity contribution < 1.29 is 9.90 Å². The van der Waals surface area contributed by atoms with Crippen LogP contribution in [0.15, 0.2) is 18.2 Å². The van der Waals surface area contributed by atoms with Crippen LogP contribution in [0.2, 0.25) is 5.02 Å². The van der Waals surface area contributed by atoms with Gasteiger partial charge in [0.05, 0.1) is 16.7 Å². The number of aliphatic hydroxyl groups is 1. The summed E-state index contributed by atoms with van der Waals surface area (Å²) in [4.78, 5) is 12.8. The monoisotopic (exact) mass is 412 g/mol. The number of aliphatic hydroxyl groups excluding tert-OH is 1. The molecule has 1 atom stereocenters. The van der Waals surface area contributed by atoms with Crippen LogP contribution < -0.4 is 10.6 Å². The van der Waals surface area contributed by atoms with Crippen LogP contribution in [0.1, 0.15) is 60.6 Å². The molecule has 0 heterocycles. The number of nitrogens with one attached hydrogen (secondary N) is 2. The van der Waals surface area contributed by atoms with Crippen molar-refractivity contribution in [3.05, 3.63) is 34.3 Å². The van der Waals surface area contributed by atoms with Gasteiger partial charge in [0.25, 0.3) is 5.91 Å². The van der Waals surface area contributed by atoms with E-state index in [4.69, 9.17) is 11.6 Å². The van der Waals surface area contributed by atoms with Crippen molar-refractivity contribution in [1.82, 2.24) is 10.6 Å². The van der Waals surface area contributed by atoms with Crippen molar-refractivity contribution >= 4 is 29.9 Å². The lowest BCUT2D eigenvalue weighted by atomic mass is 9.49. The summed E-state index contributed by atoms with van der Waals surface area (Å²) in [5, 5.41) is 16.7. The van der Waals surface area contributed by atoms with E-state index in [0.29, 0.717) is 28.1 Å². The fraction of sp³-hybridized carbons (Fsp3) is 0.667. The lowest BCUT2D eigenvalue weighted by Gasteiger charge is -2.56. The average molecular weight is 413 g/mol. The van der Waals surface area contributed by atoms with Crippen LogP contribution in [0.4, 0.5) is 0 Å². The molecule has 1 aromatic rings. The molecule has 4 aliphatic rings. The zero-order valence-corrected chi connectivity index (χ0v) is 17.4. The predicted molar refractivity (Wildman–Crippen MR) is 111 cm³/mol. The first kappa shape index (κ1) is 20.9. The smallest absolute Gasteiger partial charge is 0.252 e. The highest BCUT2D eigenvalue weighted by Gasteiger charge is 2.50. The van der Waals surface area contributed by atoms with E-state index >= 15 is 0 Å². The first-order valence-electron chi connectivity index (χ1n) is 9.88. The number of hydrogen-bond acceptors (Lipinski definition) is 3. The molecule has 0 saturated heterocycles. The van der Waals surface area contributed by atoms with E-state index in [1.807, 2.05) is 0 Å². The van der Waals surface area contributed by atoms with Gasteiger partial charge in [0.1, 0.15) is 0 Å². The molecule has 4 aliphatic carbocycles. The Balaban J connectivity index is 0.00000210. The highest BCUT2D eigenvalue weighted by Crippen LogP contribution is 2.59. The molecule has 3 N–H and O–H groups in total. The molecular formula is C21H30Cl2N2O2. The fourth-order valence-corrected chi connectivity index (χ4v) is 6.31. The number of carbonyl (C=O) groups excluding carboxylic acids is 1. The van der Waals surface area contributed by atoms with Crippen molar-refractivity contribution in [3.8, 4) is 0 Å². The molecule has 4 saturated carbocycles. The first-order valence-corrected chi connectivity index (χ1v) is 10.3. The minimum Gasteiger partial charge on any atom is -0.387 e. The van der Waals surface area contributed by atoms with Gasteiger partial charge in [0.2, 0.25) is 0 Å². The summed E-state index contributed by atoms with van der Waals surface area (Å²) in [5.41, 5.74) is 1.48. The minimum absolute atomic E-state index is 0. The molecule has 0 aliphatic heterocycles. The Labute approximate surface area is 172 Å². The highest BCUT2D eigenvalue weighted by molar-refractivity contribution is 6.33. The maximum Gasteiger partial charge on any atom is 0.252 e. The minimum atomic E-state index is -0.646. The molecule has 1 aromatic carbocycles. The third kappa shape index (κ3) is 4.29. The molecule has 0 unspecified atom stereocenters. The Morgan fingerprint density at radius 3 is 2.37 bits per heavy atom. The van der Waals surface area contributed by atoms with Crippen LogP contribution in [0.25, 0.3) is 0 Å². The Morgan fingerprint density at radius 1 is 1.22 bits per heavy atom. The third-order valence-corrected chi connectivity index (χ3v) is 7.14. The van der Waals surface area contributed by atoms with Gasteiger partial charge in [0, 0.05) is 13.1 Å². The SMILES string of the molecule is CNC[C@H](O)c1ccc(Cl)c(C(=O)NCC23CC4CC(CC(C4)C2)C3)c1.Cl. The van der Waals surface area contributed by atoms with Crippen LogP contribution in [0, 0.1) is 23.2 Å². The summed E-state index contributed by atoms with van der Waals surface area (Å²) in [6.45, 7) is 1.20. The van der Waals surface area contributed by atoms with E-state index in [2.05, 4.69) is 10.6 Å². The maximum atomic E-state index is 12.8. The number of likely N-dealkylation sites (N-methyl/N-ethyl adjacent to an activating group) is 1. The molecule has 0 spiro atoms. The summed E-state index contributed by atoms with van der Waals surface area (Å²) in [6.07, 6.45) is 7.39. The molecule has 5 rings (SSSR count). The molecule has 4 bridgehead atoms. The lowest BCUT2D eigenvalue weighted by Crippen LogP contribution is -2.51. The Morgan fingerprint density at radius 2 is 1.81 bits per heavy atom. The van der Waals surface area contributed by atoms with Gasteiger partial charge in [-0.15, -0.1) is 12.4 Å². The summed E-state index contributed by atoms with van der Waals surface area (Å²) >= 11 is 6.27. The quantitative estimate of drug-likeness (QED) is 0.662. The average Bonchev–Trinajstić information content (AvgIpc) is 2.59. The molecule has 1 amide bonds. The molecule has 27 heavy (non-hydrogen) atoms. The number of benzene rings is 1. The summed E-state index contributed by atoms with van der Waals surface area (Å²) in [7, 11) is 1.79. The van der Waals surface area contributed by atoms with Crippen molar-refractivity contribution in [2.75, 3.05) is 20.1 Å².